The van der Waals surface area contributed by atoms with Crippen molar-refractivity contribution in [3.63, 3.8) is 0 Å². The van der Waals surface area contributed by atoms with Crippen molar-refractivity contribution in [3.05, 3.63) is 57.8 Å². The number of pyridine rings is 1. The predicted octanol–water partition coefficient (Wildman–Crippen LogP) is 2.24. The van der Waals surface area contributed by atoms with Crippen LogP contribution in [-0.4, -0.2) is 16.7 Å². The van der Waals surface area contributed by atoms with Gasteiger partial charge in [-0.25, -0.2) is 9.98 Å². The SMILES string of the molecule is COc1ccc(N=c2sc3ncccc3c(=O)n2C)cc1. The lowest BCUT2D eigenvalue weighted by molar-refractivity contribution is 0.415. The molecular formula is C15H13N3O2S. The Balaban J connectivity index is 2.21. The lowest BCUT2D eigenvalue weighted by atomic mass is 10.3. The average Bonchev–Trinajstić information content (AvgIpc) is 2.53. The minimum atomic E-state index is -0.0934. The molecule has 0 saturated heterocycles. The molecule has 2 aromatic heterocycles. The number of rotatable bonds is 2. The second kappa shape index (κ2) is 5.49. The summed E-state index contributed by atoms with van der Waals surface area (Å²) in [5.41, 5.74) is 0.668. The molecule has 0 aliphatic rings. The molecule has 5 nitrogen and oxygen atoms in total. The Hall–Kier alpha value is -2.47. The van der Waals surface area contributed by atoms with Crippen LogP contribution in [0.2, 0.25) is 0 Å². The fourth-order valence-corrected chi connectivity index (χ4v) is 2.85. The van der Waals surface area contributed by atoms with Crippen molar-refractivity contribution in [2.75, 3.05) is 7.11 Å². The molecule has 6 heteroatoms. The summed E-state index contributed by atoms with van der Waals surface area (Å²) in [4.78, 5) is 22.3. The highest BCUT2D eigenvalue weighted by Crippen LogP contribution is 2.17. The van der Waals surface area contributed by atoms with Crippen LogP contribution in [0.4, 0.5) is 5.69 Å². The Bertz CT molecular complexity index is 911. The molecule has 0 amide bonds. The number of nitrogens with zero attached hydrogens (tertiary/aromatic N) is 3. The first-order chi connectivity index (χ1) is 10.2. The van der Waals surface area contributed by atoms with Gasteiger partial charge in [0.25, 0.3) is 5.56 Å². The molecule has 0 saturated carbocycles. The van der Waals surface area contributed by atoms with Crippen molar-refractivity contribution < 1.29 is 4.74 Å². The highest BCUT2D eigenvalue weighted by Gasteiger charge is 2.04. The summed E-state index contributed by atoms with van der Waals surface area (Å²) in [6, 6.07) is 10.9. The second-order valence-corrected chi connectivity index (χ2v) is 5.37. The molecule has 2 heterocycles. The third-order valence-corrected chi connectivity index (χ3v) is 4.14. The van der Waals surface area contributed by atoms with Crippen LogP contribution in [0.1, 0.15) is 0 Å². The number of fused-ring (bicyclic) bond motifs is 1. The fraction of sp³-hybridized carbons (Fsp3) is 0.133. The van der Waals surface area contributed by atoms with E-state index in [4.69, 9.17) is 4.74 Å². The smallest absolute Gasteiger partial charge is 0.262 e. The summed E-state index contributed by atoms with van der Waals surface area (Å²) in [6.45, 7) is 0. The van der Waals surface area contributed by atoms with Crippen LogP contribution >= 0.6 is 11.3 Å². The zero-order valence-electron chi connectivity index (χ0n) is 11.6. The number of hydrogen-bond donors (Lipinski definition) is 0. The van der Waals surface area contributed by atoms with Crippen LogP contribution in [0.15, 0.2) is 52.4 Å². The quantitative estimate of drug-likeness (QED) is 0.729. The van der Waals surface area contributed by atoms with Crippen molar-refractivity contribution in [2.24, 2.45) is 12.0 Å². The van der Waals surface area contributed by atoms with Crippen LogP contribution in [-0.2, 0) is 7.05 Å². The summed E-state index contributed by atoms with van der Waals surface area (Å²) < 4.78 is 6.66. The van der Waals surface area contributed by atoms with Gasteiger partial charge >= 0.3 is 0 Å². The van der Waals surface area contributed by atoms with E-state index >= 15 is 0 Å². The molecule has 0 unspecified atom stereocenters. The van der Waals surface area contributed by atoms with E-state index in [-0.39, 0.29) is 5.56 Å². The Morgan fingerprint density at radius 3 is 2.71 bits per heavy atom. The van der Waals surface area contributed by atoms with E-state index in [0.29, 0.717) is 15.0 Å². The van der Waals surface area contributed by atoms with Crippen LogP contribution in [0, 0.1) is 0 Å². The topological polar surface area (TPSA) is 56.5 Å². The summed E-state index contributed by atoms with van der Waals surface area (Å²) in [6.07, 6.45) is 1.68. The van der Waals surface area contributed by atoms with Crippen molar-refractivity contribution in [1.82, 2.24) is 9.55 Å². The molecule has 0 bridgehead atoms. The molecule has 3 aromatic rings. The lowest BCUT2D eigenvalue weighted by Gasteiger charge is -2.02. The summed E-state index contributed by atoms with van der Waals surface area (Å²) in [7, 11) is 3.33. The van der Waals surface area contributed by atoms with Gasteiger partial charge in [-0.05, 0) is 36.4 Å². The van der Waals surface area contributed by atoms with Crippen molar-refractivity contribution in [2.45, 2.75) is 0 Å². The first-order valence-corrected chi connectivity index (χ1v) is 7.14. The van der Waals surface area contributed by atoms with Crippen LogP contribution in [0.25, 0.3) is 10.2 Å². The monoisotopic (exact) mass is 299 g/mol. The van der Waals surface area contributed by atoms with E-state index in [2.05, 4.69) is 9.98 Å². The number of hydrogen-bond acceptors (Lipinski definition) is 5. The van der Waals surface area contributed by atoms with Gasteiger partial charge in [-0.1, -0.05) is 11.3 Å². The minimum absolute atomic E-state index is 0.0934. The molecule has 1 aromatic carbocycles. The normalized spacial score (nSPS) is 11.8. The first-order valence-electron chi connectivity index (χ1n) is 6.32. The van der Waals surface area contributed by atoms with Crippen molar-refractivity contribution in [3.8, 4) is 5.75 Å². The molecule has 21 heavy (non-hydrogen) atoms. The lowest BCUT2D eigenvalue weighted by Crippen LogP contribution is -2.28. The molecule has 0 atom stereocenters. The van der Waals surface area contributed by atoms with E-state index in [0.717, 1.165) is 11.4 Å². The van der Waals surface area contributed by atoms with Gasteiger partial charge in [0, 0.05) is 13.2 Å². The van der Waals surface area contributed by atoms with E-state index in [1.54, 1.807) is 37.1 Å². The van der Waals surface area contributed by atoms with Crippen LogP contribution < -0.4 is 15.1 Å². The van der Waals surface area contributed by atoms with Crippen molar-refractivity contribution >= 4 is 27.2 Å². The zero-order valence-corrected chi connectivity index (χ0v) is 12.4. The Morgan fingerprint density at radius 1 is 1.24 bits per heavy atom. The molecular weight excluding hydrogens is 286 g/mol. The number of methoxy groups -OCH3 is 1. The molecule has 0 aliphatic heterocycles. The van der Waals surface area contributed by atoms with Gasteiger partial charge in [-0.3, -0.25) is 9.36 Å². The van der Waals surface area contributed by atoms with E-state index in [1.165, 1.54) is 11.3 Å². The van der Waals surface area contributed by atoms with Gasteiger partial charge in [0.15, 0.2) is 4.80 Å². The van der Waals surface area contributed by atoms with E-state index < -0.39 is 0 Å². The van der Waals surface area contributed by atoms with Crippen molar-refractivity contribution in [1.29, 1.82) is 0 Å². The fourth-order valence-electron chi connectivity index (χ4n) is 1.92. The summed E-state index contributed by atoms with van der Waals surface area (Å²) in [5.74, 6) is 0.770. The second-order valence-electron chi connectivity index (χ2n) is 4.41. The molecule has 0 N–H and O–H groups in total. The van der Waals surface area contributed by atoms with Gasteiger partial charge < -0.3 is 4.74 Å². The predicted molar refractivity (Wildman–Crippen MR) is 83.1 cm³/mol. The Kier molecular flexibility index (Phi) is 3.53. The largest absolute Gasteiger partial charge is 0.497 e. The molecule has 3 rings (SSSR count). The molecule has 106 valence electrons. The average molecular weight is 299 g/mol. The maximum absolute atomic E-state index is 12.3. The minimum Gasteiger partial charge on any atom is -0.497 e. The zero-order chi connectivity index (χ0) is 14.8. The third kappa shape index (κ3) is 2.57. The number of benzene rings is 1. The number of ether oxygens (including phenoxy) is 1. The third-order valence-electron chi connectivity index (χ3n) is 3.08. The van der Waals surface area contributed by atoms with Gasteiger partial charge in [-0.15, -0.1) is 0 Å². The molecule has 0 spiro atoms. The molecule has 0 aliphatic carbocycles. The Labute approximate surface area is 124 Å². The maximum atomic E-state index is 12.3. The van der Waals surface area contributed by atoms with E-state index in [1.807, 2.05) is 24.3 Å². The Morgan fingerprint density at radius 2 is 2.00 bits per heavy atom. The summed E-state index contributed by atoms with van der Waals surface area (Å²) in [5, 5.41) is 0.610. The standard InChI is InChI=1S/C15H13N3O2S/c1-18-14(19)12-4-3-9-16-13(12)21-15(18)17-10-5-7-11(20-2)8-6-10/h3-9H,1-2H3. The summed E-state index contributed by atoms with van der Waals surface area (Å²) >= 11 is 1.39. The molecule has 0 radical (unpaired) electrons. The maximum Gasteiger partial charge on any atom is 0.262 e. The van der Waals surface area contributed by atoms with Gasteiger partial charge in [-0.2, -0.15) is 0 Å². The highest BCUT2D eigenvalue weighted by atomic mass is 32.1. The van der Waals surface area contributed by atoms with Gasteiger partial charge in [0.2, 0.25) is 0 Å². The molecule has 0 fully saturated rings. The first kappa shape index (κ1) is 13.5. The highest BCUT2D eigenvalue weighted by molar-refractivity contribution is 7.15. The van der Waals surface area contributed by atoms with Gasteiger partial charge in [0.05, 0.1) is 18.2 Å². The van der Waals surface area contributed by atoms with E-state index in [9.17, 15) is 4.79 Å². The van der Waals surface area contributed by atoms with Gasteiger partial charge in [0.1, 0.15) is 10.6 Å². The number of aromatic nitrogens is 2. The van der Waals surface area contributed by atoms with Crippen LogP contribution in [0.5, 0.6) is 5.75 Å². The van der Waals surface area contributed by atoms with Crippen LogP contribution in [0.3, 0.4) is 0 Å².